The Hall–Kier alpha value is -3.22. The number of carbonyl (C=O) groups excluding carboxylic acids is 1. The molecular weight excluding hydrogens is 334 g/mol. The van der Waals surface area contributed by atoms with E-state index in [9.17, 15) is 4.79 Å². The number of hydrogen-bond donors (Lipinski definition) is 0. The van der Waals surface area contributed by atoms with Gasteiger partial charge in [0.1, 0.15) is 5.76 Å². The molecule has 1 aliphatic rings. The van der Waals surface area contributed by atoms with Gasteiger partial charge in [0.15, 0.2) is 17.2 Å². The zero-order chi connectivity index (χ0) is 18.1. The molecule has 0 spiro atoms. The van der Waals surface area contributed by atoms with Crippen LogP contribution in [0, 0.1) is 0 Å². The van der Waals surface area contributed by atoms with Crippen LogP contribution in [-0.2, 0) is 13.1 Å². The zero-order valence-electron chi connectivity index (χ0n) is 14.6. The van der Waals surface area contributed by atoms with E-state index in [1.54, 1.807) is 24.3 Å². The number of ether oxygens (including phenoxy) is 2. The topological polar surface area (TPSA) is 69.7 Å². The van der Waals surface area contributed by atoms with Crippen LogP contribution in [0.3, 0.4) is 0 Å². The van der Waals surface area contributed by atoms with E-state index in [4.69, 9.17) is 13.9 Å². The van der Waals surface area contributed by atoms with E-state index in [1.165, 1.54) is 0 Å². The number of furan rings is 1. The molecule has 0 radical (unpaired) electrons. The van der Waals surface area contributed by atoms with E-state index < -0.39 is 0 Å². The van der Waals surface area contributed by atoms with Crippen LogP contribution in [-0.4, -0.2) is 34.4 Å². The molecular formula is C19H19N3O4. The summed E-state index contributed by atoms with van der Waals surface area (Å²) in [7, 11) is 1.73. The molecule has 134 valence electrons. The molecule has 0 unspecified atom stereocenters. The minimum absolute atomic E-state index is 0.157. The Balaban J connectivity index is 1.61. The van der Waals surface area contributed by atoms with E-state index in [1.807, 2.05) is 41.9 Å². The number of hydrogen-bond acceptors (Lipinski definition) is 5. The first kappa shape index (κ1) is 16.3. The molecule has 0 saturated heterocycles. The summed E-state index contributed by atoms with van der Waals surface area (Å²) < 4.78 is 17.9. The maximum atomic E-state index is 12.7. The molecule has 0 bridgehead atoms. The number of aromatic nitrogens is 2. The van der Waals surface area contributed by atoms with Crippen LogP contribution in [0.2, 0.25) is 0 Å². The summed E-state index contributed by atoms with van der Waals surface area (Å²) >= 11 is 0. The fraction of sp³-hybridized carbons (Fsp3) is 0.263. The highest BCUT2D eigenvalue weighted by Crippen LogP contribution is 2.36. The molecule has 1 amide bonds. The molecule has 7 heteroatoms. The molecule has 0 N–H and O–H groups in total. The Morgan fingerprint density at radius 3 is 2.85 bits per heavy atom. The quantitative estimate of drug-likeness (QED) is 0.705. The monoisotopic (exact) mass is 353 g/mol. The molecule has 26 heavy (non-hydrogen) atoms. The van der Waals surface area contributed by atoms with Crippen molar-refractivity contribution in [2.24, 2.45) is 0 Å². The van der Waals surface area contributed by atoms with Gasteiger partial charge < -0.3 is 18.8 Å². The second-order valence-electron chi connectivity index (χ2n) is 6.04. The first-order chi connectivity index (χ1) is 12.7. The van der Waals surface area contributed by atoms with Crippen molar-refractivity contribution in [2.45, 2.75) is 20.0 Å². The van der Waals surface area contributed by atoms with Gasteiger partial charge in [-0.2, -0.15) is 5.10 Å². The molecule has 2 aromatic heterocycles. The Labute approximate surface area is 150 Å². The lowest BCUT2D eigenvalue weighted by molar-refractivity contribution is 0.0768. The van der Waals surface area contributed by atoms with Crippen molar-refractivity contribution in [1.29, 1.82) is 0 Å². The van der Waals surface area contributed by atoms with Gasteiger partial charge in [0.2, 0.25) is 6.79 Å². The number of aryl methyl sites for hydroxylation is 1. The summed E-state index contributed by atoms with van der Waals surface area (Å²) in [6.45, 7) is 3.26. The predicted octanol–water partition coefficient (Wildman–Crippen LogP) is 3.16. The fourth-order valence-electron chi connectivity index (χ4n) is 2.95. The maximum absolute atomic E-state index is 12.7. The van der Waals surface area contributed by atoms with Crippen LogP contribution in [0.1, 0.15) is 23.2 Å². The average Bonchev–Trinajstić information content (AvgIpc) is 3.39. The van der Waals surface area contributed by atoms with Crippen LogP contribution in [0.25, 0.3) is 11.3 Å². The molecule has 0 atom stereocenters. The third-order valence-corrected chi connectivity index (χ3v) is 4.29. The predicted molar refractivity (Wildman–Crippen MR) is 94.0 cm³/mol. The van der Waals surface area contributed by atoms with Crippen molar-refractivity contribution in [2.75, 3.05) is 13.8 Å². The summed E-state index contributed by atoms with van der Waals surface area (Å²) in [6, 6.07) is 11.2. The number of nitrogens with zero attached hydrogens (tertiary/aromatic N) is 3. The minimum atomic E-state index is -0.157. The highest BCUT2D eigenvalue weighted by Gasteiger charge is 2.21. The molecule has 0 aliphatic carbocycles. The summed E-state index contributed by atoms with van der Waals surface area (Å²) in [5.41, 5.74) is 2.19. The van der Waals surface area contributed by atoms with Crippen molar-refractivity contribution in [1.82, 2.24) is 14.7 Å². The van der Waals surface area contributed by atoms with Gasteiger partial charge in [0, 0.05) is 19.2 Å². The molecule has 1 aromatic carbocycles. The normalized spacial score (nSPS) is 12.4. The second-order valence-corrected chi connectivity index (χ2v) is 6.04. The SMILES string of the molecule is CCn1nc(C(=O)N(C)Cc2ccco2)cc1-c1ccc2c(c1)OCO2. The number of rotatable bonds is 5. The van der Waals surface area contributed by atoms with Gasteiger partial charge in [-0.25, -0.2) is 0 Å². The van der Waals surface area contributed by atoms with Crippen molar-refractivity contribution in [3.05, 3.63) is 54.1 Å². The Bertz CT molecular complexity index is 930. The van der Waals surface area contributed by atoms with E-state index >= 15 is 0 Å². The Morgan fingerprint density at radius 2 is 2.08 bits per heavy atom. The highest BCUT2D eigenvalue weighted by atomic mass is 16.7. The van der Waals surface area contributed by atoms with Gasteiger partial charge in [-0.15, -0.1) is 0 Å². The number of benzene rings is 1. The van der Waals surface area contributed by atoms with E-state index in [-0.39, 0.29) is 12.7 Å². The first-order valence-electron chi connectivity index (χ1n) is 8.41. The van der Waals surface area contributed by atoms with Crippen LogP contribution in [0.15, 0.2) is 47.1 Å². The van der Waals surface area contributed by atoms with Gasteiger partial charge in [0.05, 0.1) is 18.5 Å². The molecule has 7 nitrogen and oxygen atoms in total. The van der Waals surface area contributed by atoms with E-state index in [0.29, 0.717) is 24.5 Å². The highest BCUT2D eigenvalue weighted by molar-refractivity contribution is 5.93. The first-order valence-corrected chi connectivity index (χ1v) is 8.41. The van der Waals surface area contributed by atoms with Crippen molar-refractivity contribution in [3.63, 3.8) is 0 Å². The lowest BCUT2D eigenvalue weighted by Crippen LogP contribution is -2.26. The Morgan fingerprint density at radius 1 is 1.23 bits per heavy atom. The van der Waals surface area contributed by atoms with Crippen LogP contribution in [0.5, 0.6) is 11.5 Å². The van der Waals surface area contributed by atoms with Gasteiger partial charge in [-0.3, -0.25) is 9.48 Å². The van der Waals surface area contributed by atoms with Crippen molar-refractivity contribution < 1.29 is 18.7 Å². The molecule has 0 saturated carbocycles. The van der Waals surface area contributed by atoms with Gasteiger partial charge in [-0.05, 0) is 43.3 Å². The third-order valence-electron chi connectivity index (χ3n) is 4.29. The van der Waals surface area contributed by atoms with E-state index in [2.05, 4.69) is 5.10 Å². The second kappa shape index (κ2) is 6.59. The van der Waals surface area contributed by atoms with Crippen LogP contribution in [0.4, 0.5) is 0 Å². The van der Waals surface area contributed by atoms with Crippen LogP contribution >= 0.6 is 0 Å². The lowest BCUT2D eigenvalue weighted by Gasteiger charge is -2.13. The standard InChI is InChI=1S/C19H19N3O4/c1-3-22-16(13-6-7-17-18(9-13)26-12-25-17)10-15(20-22)19(23)21(2)11-14-5-4-8-24-14/h4-10H,3,11-12H2,1-2H3. The van der Waals surface area contributed by atoms with Gasteiger partial charge >= 0.3 is 0 Å². The number of amides is 1. The molecule has 3 heterocycles. The van der Waals surface area contributed by atoms with Crippen LogP contribution < -0.4 is 9.47 Å². The lowest BCUT2D eigenvalue weighted by atomic mass is 10.1. The zero-order valence-corrected chi connectivity index (χ0v) is 14.6. The van der Waals surface area contributed by atoms with Crippen molar-refractivity contribution >= 4 is 5.91 Å². The van der Waals surface area contributed by atoms with Gasteiger partial charge in [0.25, 0.3) is 5.91 Å². The number of fused-ring (bicyclic) bond motifs is 1. The van der Waals surface area contributed by atoms with Crippen molar-refractivity contribution in [3.8, 4) is 22.8 Å². The summed E-state index contributed by atoms with van der Waals surface area (Å²) in [5.74, 6) is 2.00. The minimum Gasteiger partial charge on any atom is -0.467 e. The molecule has 3 aromatic rings. The Kier molecular flexibility index (Phi) is 4.12. The average molecular weight is 353 g/mol. The summed E-state index contributed by atoms with van der Waals surface area (Å²) in [6.07, 6.45) is 1.59. The number of carbonyl (C=O) groups is 1. The maximum Gasteiger partial charge on any atom is 0.274 e. The largest absolute Gasteiger partial charge is 0.467 e. The summed E-state index contributed by atoms with van der Waals surface area (Å²) in [5, 5.41) is 4.47. The molecule has 0 fully saturated rings. The molecule has 4 rings (SSSR count). The van der Waals surface area contributed by atoms with Gasteiger partial charge in [-0.1, -0.05) is 0 Å². The van der Waals surface area contributed by atoms with E-state index in [0.717, 1.165) is 22.8 Å². The smallest absolute Gasteiger partial charge is 0.274 e. The molecule has 1 aliphatic heterocycles. The third kappa shape index (κ3) is 2.92. The fourth-order valence-corrected chi connectivity index (χ4v) is 2.95. The summed E-state index contributed by atoms with van der Waals surface area (Å²) in [4.78, 5) is 14.3.